The minimum Gasteiger partial charge on any atom is -0.480 e. The van der Waals surface area contributed by atoms with Gasteiger partial charge in [0.2, 0.25) is 0 Å². The van der Waals surface area contributed by atoms with Gasteiger partial charge in [-0.3, -0.25) is 4.79 Å². The number of carboxylic acids is 1. The Labute approximate surface area is 111 Å². The predicted molar refractivity (Wildman–Crippen MR) is 72.3 cm³/mol. The Kier molecular flexibility index (Phi) is 3.21. The molecule has 1 aliphatic rings. The normalized spacial score (nSPS) is 14.9. The Morgan fingerprint density at radius 3 is 3.05 bits per heavy atom. The fraction of sp³-hybridized carbons (Fsp3) is 0.429. The van der Waals surface area contributed by atoms with Gasteiger partial charge in [-0.25, -0.2) is 4.98 Å². The van der Waals surface area contributed by atoms with Crippen LogP contribution in [0.15, 0.2) is 18.2 Å². The SMILES string of the molecule is O=C(O)CNCCc1ccc2nc(C3CC3)[nH]c2c1. The first kappa shape index (κ1) is 12.2. The van der Waals surface area contributed by atoms with E-state index in [-0.39, 0.29) is 6.54 Å². The molecule has 0 radical (unpaired) electrons. The number of rotatable bonds is 6. The minimum atomic E-state index is -0.821. The monoisotopic (exact) mass is 259 g/mol. The van der Waals surface area contributed by atoms with Crippen molar-refractivity contribution in [1.29, 1.82) is 0 Å². The highest BCUT2D eigenvalue weighted by Crippen LogP contribution is 2.39. The highest BCUT2D eigenvalue weighted by molar-refractivity contribution is 5.76. The quantitative estimate of drug-likeness (QED) is 0.689. The summed E-state index contributed by atoms with van der Waals surface area (Å²) in [6, 6.07) is 6.20. The van der Waals surface area contributed by atoms with Crippen molar-refractivity contribution >= 4 is 17.0 Å². The second-order valence-corrected chi connectivity index (χ2v) is 5.07. The summed E-state index contributed by atoms with van der Waals surface area (Å²) < 4.78 is 0. The van der Waals surface area contributed by atoms with E-state index in [0.29, 0.717) is 12.5 Å². The average Bonchev–Trinajstić information content (AvgIpc) is 3.14. The number of aromatic amines is 1. The van der Waals surface area contributed by atoms with Gasteiger partial charge in [0.05, 0.1) is 17.6 Å². The molecule has 5 nitrogen and oxygen atoms in total. The molecule has 1 saturated carbocycles. The molecule has 0 unspecified atom stereocenters. The van der Waals surface area contributed by atoms with Gasteiger partial charge in [0.1, 0.15) is 5.82 Å². The zero-order valence-corrected chi connectivity index (χ0v) is 10.6. The molecule has 100 valence electrons. The van der Waals surface area contributed by atoms with Crippen LogP contribution in [-0.2, 0) is 11.2 Å². The standard InChI is InChI=1S/C14H17N3O2/c18-13(19)8-15-6-5-9-1-4-11-12(7-9)17-14(16-11)10-2-3-10/h1,4,7,10,15H,2-3,5-6,8H2,(H,16,17)(H,18,19). The van der Waals surface area contributed by atoms with Crippen LogP contribution in [0.3, 0.4) is 0 Å². The van der Waals surface area contributed by atoms with Crippen LogP contribution >= 0.6 is 0 Å². The van der Waals surface area contributed by atoms with Crippen molar-refractivity contribution in [1.82, 2.24) is 15.3 Å². The van der Waals surface area contributed by atoms with E-state index >= 15 is 0 Å². The third-order valence-electron chi connectivity index (χ3n) is 3.40. The summed E-state index contributed by atoms with van der Waals surface area (Å²) in [6.07, 6.45) is 3.30. The highest BCUT2D eigenvalue weighted by Gasteiger charge is 2.26. The Hall–Kier alpha value is -1.88. The van der Waals surface area contributed by atoms with Crippen molar-refractivity contribution in [3.63, 3.8) is 0 Å². The van der Waals surface area contributed by atoms with Gasteiger partial charge in [0.25, 0.3) is 0 Å². The zero-order chi connectivity index (χ0) is 13.2. The summed E-state index contributed by atoms with van der Waals surface area (Å²) in [5.74, 6) is 0.919. The first-order chi connectivity index (χ1) is 9.22. The van der Waals surface area contributed by atoms with E-state index in [2.05, 4.69) is 27.4 Å². The Morgan fingerprint density at radius 1 is 1.47 bits per heavy atom. The summed E-state index contributed by atoms with van der Waals surface area (Å²) in [5, 5.41) is 11.4. The van der Waals surface area contributed by atoms with E-state index in [1.54, 1.807) is 0 Å². The fourth-order valence-electron chi connectivity index (χ4n) is 2.21. The number of carboxylic acid groups (broad SMARTS) is 1. The second-order valence-electron chi connectivity index (χ2n) is 5.07. The molecular formula is C14H17N3O2. The van der Waals surface area contributed by atoms with E-state index in [1.165, 1.54) is 18.4 Å². The highest BCUT2D eigenvalue weighted by atomic mass is 16.4. The number of aliphatic carboxylic acids is 1. The Morgan fingerprint density at radius 2 is 2.32 bits per heavy atom. The van der Waals surface area contributed by atoms with Gasteiger partial charge in [-0.2, -0.15) is 0 Å². The second kappa shape index (κ2) is 5.01. The molecule has 0 amide bonds. The minimum absolute atomic E-state index is 0.0120. The van der Waals surface area contributed by atoms with Crippen molar-refractivity contribution < 1.29 is 9.90 Å². The van der Waals surface area contributed by atoms with Crippen molar-refractivity contribution in [3.8, 4) is 0 Å². The first-order valence-electron chi connectivity index (χ1n) is 6.63. The number of imidazole rings is 1. The molecule has 0 saturated heterocycles. The lowest BCUT2D eigenvalue weighted by atomic mass is 10.1. The summed E-state index contributed by atoms with van der Waals surface area (Å²) >= 11 is 0. The molecule has 1 fully saturated rings. The van der Waals surface area contributed by atoms with Crippen LogP contribution in [0.25, 0.3) is 11.0 Å². The van der Waals surface area contributed by atoms with E-state index in [4.69, 9.17) is 5.11 Å². The summed E-state index contributed by atoms with van der Waals surface area (Å²) in [4.78, 5) is 18.3. The van der Waals surface area contributed by atoms with Crippen molar-refractivity contribution in [3.05, 3.63) is 29.6 Å². The topological polar surface area (TPSA) is 78.0 Å². The molecule has 3 rings (SSSR count). The zero-order valence-electron chi connectivity index (χ0n) is 10.6. The van der Waals surface area contributed by atoms with E-state index in [0.717, 1.165) is 23.3 Å². The Balaban J connectivity index is 1.65. The third-order valence-corrected chi connectivity index (χ3v) is 3.40. The van der Waals surface area contributed by atoms with Gasteiger partial charge >= 0.3 is 5.97 Å². The number of fused-ring (bicyclic) bond motifs is 1. The van der Waals surface area contributed by atoms with Crippen molar-refractivity contribution in [2.45, 2.75) is 25.2 Å². The average molecular weight is 259 g/mol. The number of aromatic nitrogens is 2. The smallest absolute Gasteiger partial charge is 0.317 e. The maximum absolute atomic E-state index is 10.4. The molecular weight excluding hydrogens is 242 g/mol. The summed E-state index contributed by atoms with van der Waals surface area (Å²) in [6.45, 7) is 0.680. The number of carbonyl (C=O) groups is 1. The lowest BCUT2D eigenvalue weighted by Gasteiger charge is -2.02. The van der Waals surface area contributed by atoms with E-state index in [9.17, 15) is 4.79 Å². The van der Waals surface area contributed by atoms with Gasteiger partial charge < -0.3 is 15.4 Å². The largest absolute Gasteiger partial charge is 0.480 e. The third kappa shape index (κ3) is 2.93. The maximum atomic E-state index is 10.4. The van der Waals surface area contributed by atoms with Crippen LogP contribution in [-0.4, -0.2) is 34.1 Å². The molecule has 5 heteroatoms. The Bertz CT molecular complexity index is 602. The molecule has 19 heavy (non-hydrogen) atoms. The number of nitrogens with zero attached hydrogens (tertiary/aromatic N) is 1. The number of H-pyrrole nitrogens is 1. The summed E-state index contributed by atoms with van der Waals surface area (Å²) in [7, 11) is 0. The van der Waals surface area contributed by atoms with Gasteiger partial charge in [-0.05, 0) is 43.5 Å². The lowest BCUT2D eigenvalue weighted by Crippen LogP contribution is -2.24. The van der Waals surface area contributed by atoms with E-state index in [1.807, 2.05) is 6.07 Å². The van der Waals surface area contributed by atoms with Crippen LogP contribution < -0.4 is 5.32 Å². The van der Waals surface area contributed by atoms with Crippen LogP contribution in [0, 0.1) is 0 Å². The molecule has 0 spiro atoms. The van der Waals surface area contributed by atoms with Crippen LogP contribution in [0.1, 0.15) is 30.1 Å². The molecule has 0 atom stereocenters. The van der Waals surface area contributed by atoms with Gasteiger partial charge in [0, 0.05) is 5.92 Å². The molecule has 1 aromatic carbocycles. The number of hydrogen-bond acceptors (Lipinski definition) is 3. The van der Waals surface area contributed by atoms with Crippen LogP contribution in [0.5, 0.6) is 0 Å². The molecule has 0 bridgehead atoms. The first-order valence-corrected chi connectivity index (χ1v) is 6.63. The van der Waals surface area contributed by atoms with Crippen LogP contribution in [0.2, 0.25) is 0 Å². The fourth-order valence-corrected chi connectivity index (χ4v) is 2.21. The van der Waals surface area contributed by atoms with Gasteiger partial charge in [-0.1, -0.05) is 6.07 Å². The molecule has 1 aromatic heterocycles. The predicted octanol–water partition coefficient (Wildman–Crippen LogP) is 1.66. The lowest BCUT2D eigenvalue weighted by molar-refractivity contribution is -0.135. The maximum Gasteiger partial charge on any atom is 0.317 e. The van der Waals surface area contributed by atoms with Gasteiger partial charge in [-0.15, -0.1) is 0 Å². The number of benzene rings is 1. The van der Waals surface area contributed by atoms with Crippen LogP contribution in [0.4, 0.5) is 0 Å². The van der Waals surface area contributed by atoms with E-state index < -0.39 is 5.97 Å². The molecule has 1 aliphatic carbocycles. The molecule has 0 aliphatic heterocycles. The molecule has 3 N–H and O–H groups in total. The molecule has 2 aromatic rings. The number of hydrogen-bond donors (Lipinski definition) is 3. The summed E-state index contributed by atoms with van der Waals surface area (Å²) in [5.41, 5.74) is 3.29. The molecule has 1 heterocycles. The van der Waals surface area contributed by atoms with Crippen molar-refractivity contribution in [2.24, 2.45) is 0 Å². The number of nitrogens with one attached hydrogen (secondary N) is 2. The van der Waals surface area contributed by atoms with Crippen molar-refractivity contribution in [2.75, 3.05) is 13.1 Å². The van der Waals surface area contributed by atoms with Gasteiger partial charge in [0.15, 0.2) is 0 Å².